The third-order valence-electron chi connectivity index (χ3n) is 6.26. The predicted molar refractivity (Wildman–Crippen MR) is 152 cm³/mol. The van der Waals surface area contributed by atoms with Gasteiger partial charge in [0.25, 0.3) is 5.78 Å². The van der Waals surface area contributed by atoms with Crippen molar-refractivity contribution in [2.24, 2.45) is 0 Å². The molecule has 1 atom stereocenters. The van der Waals surface area contributed by atoms with Crippen molar-refractivity contribution in [2.45, 2.75) is 32.7 Å². The van der Waals surface area contributed by atoms with E-state index < -0.39 is 23.7 Å². The summed E-state index contributed by atoms with van der Waals surface area (Å²) in [7, 11) is 1.25. The van der Waals surface area contributed by atoms with Crippen LogP contribution in [0.25, 0.3) is 5.76 Å². The number of unbranched alkanes of at least 4 members (excludes halogenated alkanes) is 1. The van der Waals surface area contributed by atoms with Crippen LogP contribution in [-0.4, -0.2) is 48.1 Å². The minimum Gasteiger partial charge on any atom is -0.507 e. The first-order valence-corrected chi connectivity index (χ1v) is 13.6. The molecule has 0 aliphatic carbocycles. The molecule has 40 heavy (non-hydrogen) atoms. The predicted octanol–water partition coefficient (Wildman–Crippen LogP) is 5.61. The van der Waals surface area contributed by atoms with Gasteiger partial charge in [-0.2, -0.15) is 0 Å². The fourth-order valence-electron chi connectivity index (χ4n) is 4.21. The van der Waals surface area contributed by atoms with E-state index in [1.807, 2.05) is 0 Å². The maximum Gasteiger partial charge on any atom is 0.350 e. The highest BCUT2D eigenvalue weighted by atomic mass is 32.1. The number of esters is 1. The lowest BCUT2D eigenvalue weighted by molar-refractivity contribution is -0.132. The summed E-state index contributed by atoms with van der Waals surface area (Å²) in [6.45, 7) is 8.21. The number of hydrogen-bond donors (Lipinski definition) is 1. The van der Waals surface area contributed by atoms with Gasteiger partial charge in [-0.05, 0) is 55.3 Å². The molecule has 0 spiro atoms. The number of thiazole rings is 1. The minimum absolute atomic E-state index is 0.100. The number of Topliss-reactive ketones (excluding diaryl/α,β-unsaturated/α-hetero) is 1. The van der Waals surface area contributed by atoms with Gasteiger partial charge >= 0.3 is 11.9 Å². The van der Waals surface area contributed by atoms with Gasteiger partial charge in [-0.3, -0.25) is 14.5 Å². The molecule has 10 heteroatoms. The van der Waals surface area contributed by atoms with Gasteiger partial charge in [0.05, 0.1) is 31.0 Å². The summed E-state index contributed by atoms with van der Waals surface area (Å²) in [5.74, 6) is -1.48. The molecule has 0 radical (unpaired) electrons. The summed E-state index contributed by atoms with van der Waals surface area (Å²) in [4.78, 5) is 44.9. The summed E-state index contributed by atoms with van der Waals surface area (Å²) < 4.78 is 16.1. The van der Waals surface area contributed by atoms with E-state index in [4.69, 9.17) is 14.2 Å². The third kappa shape index (κ3) is 5.76. The number of methoxy groups -OCH3 is 1. The molecule has 1 N–H and O–H groups in total. The molecule has 9 nitrogen and oxygen atoms in total. The number of carbonyl (C=O) groups excluding carboxylic acids is 3. The lowest BCUT2D eigenvalue weighted by atomic mass is 9.95. The van der Waals surface area contributed by atoms with E-state index in [0.29, 0.717) is 41.5 Å². The molecular formula is C30H30N2O7S. The molecule has 0 saturated carbocycles. The number of nitrogens with zero attached hydrogens (tertiary/aromatic N) is 2. The van der Waals surface area contributed by atoms with Gasteiger partial charge < -0.3 is 19.3 Å². The fourth-order valence-corrected chi connectivity index (χ4v) is 5.22. The summed E-state index contributed by atoms with van der Waals surface area (Å²) in [6, 6.07) is 12.5. The molecule has 4 rings (SSSR count). The van der Waals surface area contributed by atoms with Gasteiger partial charge in [-0.15, -0.1) is 0 Å². The van der Waals surface area contributed by atoms with Crippen LogP contribution in [0.1, 0.15) is 52.3 Å². The third-order valence-corrected chi connectivity index (χ3v) is 7.40. The van der Waals surface area contributed by atoms with Gasteiger partial charge in [-0.25, -0.2) is 9.78 Å². The lowest BCUT2D eigenvalue weighted by Crippen LogP contribution is -2.29. The molecule has 2 aromatic carbocycles. The topological polar surface area (TPSA) is 115 Å². The molecule has 208 valence electrons. The maximum atomic E-state index is 13.4. The highest BCUT2D eigenvalue weighted by Gasteiger charge is 2.48. The number of aliphatic hydroxyl groups excluding tert-OH is 1. The number of rotatable bonds is 11. The van der Waals surface area contributed by atoms with Crippen molar-refractivity contribution in [3.63, 3.8) is 0 Å². The first kappa shape index (κ1) is 28.6. The Labute approximate surface area is 236 Å². The monoisotopic (exact) mass is 562 g/mol. The van der Waals surface area contributed by atoms with Crippen LogP contribution in [0.15, 0.2) is 66.8 Å². The van der Waals surface area contributed by atoms with Crippen molar-refractivity contribution >= 4 is 39.9 Å². The number of anilines is 1. The van der Waals surface area contributed by atoms with Gasteiger partial charge in [0.2, 0.25) is 0 Å². The van der Waals surface area contributed by atoms with E-state index in [1.165, 1.54) is 12.0 Å². The Bertz CT molecular complexity index is 1440. The number of aromatic nitrogens is 1. The lowest BCUT2D eigenvalue weighted by Gasteiger charge is -2.23. The number of hydrogen-bond acceptors (Lipinski definition) is 9. The van der Waals surface area contributed by atoms with Crippen molar-refractivity contribution < 1.29 is 33.7 Å². The normalized spacial score (nSPS) is 16.2. The first-order chi connectivity index (χ1) is 19.3. The van der Waals surface area contributed by atoms with Crippen LogP contribution in [0.5, 0.6) is 11.5 Å². The molecule has 1 amide bonds. The van der Waals surface area contributed by atoms with Gasteiger partial charge in [0, 0.05) is 5.56 Å². The molecule has 1 unspecified atom stereocenters. The zero-order chi connectivity index (χ0) is 28.8. The van der Waals surface area contributed by atoms with Crippen LogP contribution >= 0.6 is 11.3 Å². The number of ether oxygens (including phenoxy) is 3. The number of aryl methyl sites for hydroxylation is 1. The Morgan fingerprint density at radius 3 is 2.38 bits per heavy atom. The van der Waals surface area contributed by atoms with E-state index in [2.05, 4.69) is 18.5 Å². The van der Waals surface area contributed by atoms with E-state index >= 15 is 0 Å². The van der Waals surface area contributed by atoms with Crippen LogP contribution in [-0.2, 0) is 14.3 Å². The van der Waals surface area contributed by atoms with E-state index in [0.717, 1.165) is 24.2 Å². The van der Waals surface area contributed by atoms with Crippen LogP contribution < -0.4 is 14.4 Å². The summed E-state index contributed by atoms with van der Waals surface area (Å²) in [6.07, 6.45) is 3.53. The molecule has 1 aromatic heterocycles. The standard InChI is InChI=1S/C30H30N2O7S/c1-5-7-17-39-22-14-10-20(11-15-22)25(33)23-24(19-8-12-21(13-9-19)38-16-6-2)32(28(35)26(23)34)30-31-18(3)27(40-30)29(36)37-4/h6,8-15,24,33H,2,5,7,16-17H2,1,3-4H3/b25-23+. The zero-order valence-corrected chi connectivity index (χ0v) is 23.3. The Morgan fingerprint density at radius 1 is 1.10 bits per heavy atom. The van der Waals surface area contributed by atoms with Crippen molar-refractivity contribution in [3.8, 4) is 11.5 Å². The van der Waals surface area contributed by atoms with Gasteiger partial charge in [0.1, 0.15) is 28.7 Å². The average molecular weight is 563 g/mol. The summed E-state index contributed by atoms with van der Waals surface area (Å²) in [5, 5.41) is 11.5. The van der Waals surface area contributed by atoms with Crippen molar-refractivity contribution in [3.05, 3.63) is 88.5 Å². The van der Waals surface area contributed by atoms with E-state index in [-0.39, 0.29) is 21.3 Å². The molecular weight excluding hydrogens is 532 g/mol. The van der Waals surface area contributed by atoms with Gasteiger partial charge in [0.15, 0.2) is 5.13 Å². The second kappa shape index (κ2) is 12.6. The Morgan fingerprint density at radius 2 is 1.75 bits per heavy atom. The van der Waals surface area contributed by atoms with Crippen LogP contribution in [0.3, 0.4) is 0 Å². The van der Waals surface area contributed by atoms with E-state index in [9.17, 15) is 19.5 Å². The van der Waals surface area contributed by atoms with Crippen LogP contribution in [0.2, 0.25) is 0 Å². The smallest absolute Gasteiger partial charge is 0.350 e. The molecule has 1 aliphatic heterocycles. The maximum absolute atomic E-state index is 13.4. The first-order valence-electron chi connectivity index (χ1n) is 12.7. The number of benzene rings is 2. The SMILES string of the molecule is C=CCOc1ccc(C2/C(=C(\O)c3ccc(OCCCC)cc3)C(=O)C(=O)N2c2nc(C)c(C(=O)OC)s2)cc1. The van der Waals surface area contributed by atoms with Crippen molar-refractivity contribution in [2.75, 3.05) is 25.2 Å². The quantitative estimate of drug-likeness (QED) is 0.0801. The Kier molecular flexibility index (Phi) is 9.00. The Hall–Kier alpha value is -4.44. The molecule has 1 aliphatic rings. The summed E-state index contributed by atoms with van der Waals surface area (Å²) >= 11 is 0.940. The number of ketones is 1. The fraction of sp³-hybridized carbons (Fsp3) is 0.267. The second-order valence-electron chi connectivity index (χ2n) is 8.97. The molecule has 2 heterocycles. The molecule has 3 aromatic rings. The van der Waals surface area contributed by atoms with Crippen LogP contribution in [0, 0.1) is 6.92 Å². The second-order valence-corrected chi connectivity index (χ2v) is 9.94. The number of carbonyl (C=O) groups is 3. The molecule has 1 saturated heterocycles. The van der Waals surface area contributed by atoms with Crippen molar-refractivity contribution in [1.29, 1.82) is 0 Å². The van der Waals surface area contributed by atoms with E-state index in [1.54, 1.807) is 61.5 Å². The highest BCUT2D eigenvalue weighted by molar-refractivity contribution is 7.17. The highest BCUT2D eigenvalue weighted by Crippen LogP contribution is 2.44. The molecule has 1 fully saturated rings. The number of aliphatic hydroxyl groups is 1. The Balaban J connectivity index is 1.81. The van der Waals surface area contributed by atoms with Gasteiger partial charge in [-0.1, -0.05) is 49.5 Å². The van der Waals surface area contributed by atoms with Crippen LogP contribution in [0.4, 0.5) is 5.13 Å². The zero-order valence-electron chi connectivity index (χ0n) is 22.5. The largest absolute Gasteiger partial charge is 0.507 e. The summed E-state index contributed by atoms with van der Waals surface area (Å²) in [5.41, 5.74) is 1.15. The minimum atomic E-state index is -1.01. The number of amides is 1. The average Bonchev–Trinajstić information content (AvgIpc) is 3.48. The van der Waals surface area contributed by atoms with Crippen molar-refractivity contribution in [1.82, 2.24) is 4.98 Å². The molecule has 0 bridgehead atoms.